The highest BCUT2D eigenvalue weighted by Crippen LogP contribution is 2.03. The Morgan fingerprint density at radius 1 is 1.25 bits per heavy atom. The topological polar surface area (TPSA) is 55.6 Å². The maximum atomic E-state index is 4.30. The molecule has 0 fully saturated rings. The van der Waals surface area contributed by atoms with Crippen LogP contribution < -0.4 is 5.32 Å². The number of rotatable bonds is 5. The van der Waals surface area contributed by atoms with E-state index in [2.05, 4.69) is 32.9 Å². The highest BCUT2D eigenvalue weighted by molar-refractivity contribution is 5.17. The number of tetrazole rings is 1. The van der Waals surface area contributed by atoms with Crippen LogP contribution in [0.25, 0.3) is 0 Å². The molecule has 84 valence electrons. The summed E-state index contributed by atoms with van der Waals surface area (Å²) in [6.45, 7) is 1.60. The van der Waals surface area contributed by atoms with E-state index in [1.54, 1.807) is 4.80 Å². The molecule has 5 nitrogen and oxygen atoms in total. The Labute approximate surface area is 94.5 Å². The largest absolute Gasteiger partial charge is 0.318 e. The summed E-state index contributed by atoms with van der Waals surface area (Å²) in [6, 6.07) is 10.2. The molecule has 1 heterocycles. The van der Waals surface area contributed by atoms with Gasteiger partial charge in [-0.05, 0) is 17.8 Å². The Bertz CT molecular complexity index is 423. The fourth-order valence-electron chi connectivity index (χ4n) is 1.43. The van der Waals surface area contributed by atoms with Gasteiger partial charge in [-0.2, -0.15) is 4.80 Å². The molecular weight excluding hydrogens is 202 g/mol. The normalized spacial score (nSPS) is 10.6. The summed E-state index contributed by atoms with van der Waals surface area (Å²) in [5.74, 6) is 0.766. The molecule has 1 aromatic heterocycles. The Morgan fingerprint density at radius 3 is 2.81 bits per heavy atom. The second-order valence-corrected chi connectivity index (χ2v) is 3.57. The zero-order chi connectivity index (χ0) is 11.2. The fraction of sp³-hybridized carbons (Fsp3) is 0.364. The maximum absolute atomic E-state index is 4.30. The van der Waals surface area contributed by atoms with Gasteiger partial charge in [0.25, 0.3) is 0 Å². The van der Waals surface area contributed by atoms with Gasteiger partial charge in [0.1, 0.15) is 0 Å². The van der Waals surface area contributed by atoms with E-state index in [0.717, 1.165) is 25.3 Å². The van der Waals surface area contributed by atoms with Crippen LogP contribution in [0.3, 0.4) is 0 Å². The predicted molar refractivity (Wildman–Crippen MR) is 61.0 cm³/mol. The molecule has 0 bridgehead atoms. The molecule has 2 rings (SSSR count). The molecular formula is C11H15N5. The summed E-state index contributed by atoms with van der Waals surface area (Å²) >= 11 is 0. The minimum absolute atomic E-state index is 0.737. The summed E-state index contributed by atoms with van der Waals surface area (Å²) in [4.78, 5) is 1.62. The first-order chi connectivity index (χ1) is 7.88. The highest BCUT2D eigenvalue weighted by Gasteiger charge is 2.03. The molecule has 0 radical (unpaired) electrons. The van der Waals surface area contributed by atoms with E-state index in [1.165, 1.54) is 5.56 Å². The first kappa shape index (κ1) is 10.8. The second-order valence-electron chi connectivity index (χ2n) is 3.57. The lowest BCUT2D eigenvalue weighted by Crippen LogP contribution is -2.16. The van der Waals surface area contributed by atoms with Crippen LogP contribution in [0, 0.1) is 0 Å². The van der Waals surface area contributed by atoms with Crippen molar-refractivity contribution in [2.45, 2.75) is 13.0 Å². The van der Waals surface area contributed by atoms with Crippen LogP contribution in [0.4, 0.5) is 0 Å². The van der Waals surface area contributed by atoms with Crippen molar-refractivity contribution in [3.63, 3.8) is 0 Å². The van der Waals surface area contributed by atoms with E-state index >= 15 is 0 Å². The summed E-state index contributed by atoms with van der Waals surface area (Å²) in [7, 11) is 1.90. The van der Waals surface area contributed by atoms with Crippen LogP contribution in [0.5, 0.6) is 0 Å². The lowest BCUT2D eigenvalue weighted by molar-refractivity contribution is 0.506. The first-order valence-electron chi connectivity index (χ1n) is 5.33. The van der Waals surface area contributed by atoms with E-state index in [4.69, 9.17) is 0 Å². The molecule has 0 aliphatic heterocycles. The maximum Gasteiger partial charge on any atom is 0.179 e. The van der Waals surface area contributed by atoms with Gasteiger partial charge in [-0.15, -0.1) is 10.2 Å². The van der Waals surface area contributed by atoms with Crippen molar-refractivity contribution in [1.82, 2.24) is 25.5 Å². The predicted octanol–water partition coefficient (Wildman–Crippen LogP) is 0.483. The molecule has 0 amide bonds. The third-order valence-corrected chi connectivity index (χ3v) is 2.26. The van der Waals surface area contributed by atoms with Crippen LogP contribution in [-0.4, -0.2) is 33.8 Å². The summed E-state index contributed by atoms with van der Waals surface area (Å²) in [5, 5.41) is 15.3. The van der Waals surface area contributed by atoms with Gasteiger partial charge in [-0.25, -0.2) is 0 Å². The second kappa shape index (κ2) is 5.37. The molecule has 2 aromatic rings. The monoisotopic (exact) mass is 217 g/mol. The van der Waals surface area contributed by atoms with E-state index in [-0.39, 0.29) is 0 Å². The quantitative estimate of drug-likeness (QED) is 0.791. The van der Waals surface area contributed by atoms with E-state index in [9.17, 15) is 0 Å². The smallest absolute Gasteiger partial charge is 0.179 e. The van der Waals surface area contributed by atoms with E-state index < -0.39 is 0 Å². The third kappa shape index (κ3) is 2.87. The van der Waals surface area contributed by atoms with Gasteiger partial charge < -0.3 is 5.32 Å². The van der Waals surface area contributed by atoms with Gasteiger partial charge in [0, 0.05) is 13.0 Å². The molecule has 0 saturated carbocycles. The fourth-order valence-corrected chi connectivity index (χ4v) is 1.43. The Morgan fingerprint density at radius 2 is 2.06 bits per heavy atom. The zero-order valence-corrected chi connectivity index (χ0v) is 9.30. The summed E-state index contributed by atoms with van der Waals surface area (Å²) < 4.78 is 0. The third-order valence-electron chi connectivity index (χ3n) is 2.26. The van der Waals surface area contributed by atoms with Crippen LogP contribution in [0.2, 0.25) is 0 Å². The van der Waals surface area contributed by atoms with E-state index in [0.29, 0.717) is 0 Å². The van der Waals surface area contributed by atoms with Gasteiger partial charge in [-0.3, -0.25) is 0 Å². The highest BCUT2D eigenvalue weighted by atomic mass is 15.6. The van der Waals surface area contributed by atoms with E-state index in [1.807, 2.05) is 25.2 Å². The van der Waals surface area contributed by atoms with Crippen molar-refractivity contribution < 1.29 is 0 Å². The average Bonchev–Trinajstić information content (AvgIpc) is 2.75. The van der Waals surface area contributed by atoms with Crippen LogP contribution in [0.1, 0.15) is 11.4 Å². The molecule has 5 heteroatoms. The Balaban J connectivity index is 1.97. The van der Waals surface area contributed by atoms with Crippen molar-refractivity contribution in [2.75, 3.05) is 13.6 Å². The van der Waals surface area contributed by atoms with Gasteiger partial charge in [-0.1, -0.05) is 30.3 Å². The summed E-state index contributed by atoms with van der Waals surface area (Å²) in [6.07, 6.45) is 0.737. The molecule has 0 aliphatic rings. The minimum atomic E-state index is 0.737. The van der Waals surface area contributed by atoms with Crippen molar-refractivity contribution in [3.05, 3.63) is 41.7 Å². The number of nitrogens with zero attached hydrogens (tertiary/aromatic N) is 4. The average molecular weight is 217 g/mol. The molecule has 0 atom stereocenters. The van der Waals surface area contributed by atoms with Crippen molar-refractivity contribution in [2.24, 2.45) is 0 Å². The molecule has 0 unspecified atom stereocenters. The molecule has 1 N–H and O–H groups in total. The molecule has 0 aliphatic carbocycles. The standard InChI is InChI=1S/C11H15N5/c1-12-7-8-16-14-11(13-15-16)9-10-5-3-2-4-6-10/h2-6,12H,7-9H2,1H3. The summed E-state index contributed by atoms with van der Waals surface area (Å²) in [5.41, 5.74) is 1.20. The first-order valence-corrected chi connectivity index (χ1v) is 5.33. The van der Waals surface area contributed by atoms with Crippen molar-refractivity contribution in [1.29, 1.82) is 0 Å². The minimum Gasteiger partial charge on any atom is -0.318 e. The number of hydrogen-bond donors (Lipinski definition) is 1. The van der Waals surface area contributed by atoms with Crippen LogP contribution in [0.15, 0.2) is 30.3 Å². The lowest BCUT2D eigenvalue weighted by atomic mass is 10.1. The Kier molecular flexibility index (Phi) is 3.61. The van der Waals surface area contributed by atoms with Gasteiger partial charge in [0.2, 0.25) is 0 Å². The molecule has 0 spiro atoms. The zero-order valence-electron chi connectivity index (χ0n) is 9.30. The Hall–Kier alpha value is -1.75. The van der Waals surface area contributed by atoms with Crippen LogP contribution >= 0.6 is 0 Å². The lowest BCUT2D eigenvalue weighted by Gasteiger charge is -1.96. The van der Waals surface area contributed by atoms with Crippen molar-refractivity contribution >= 4 is 0 Å². The van der Waals surface area contributed by atoms with Crippen molar-refractivity contribution in [3.8, 4) is 0 Å². The number of hydrogen-bond acceptors (Lipinski definition) is 4. The SMILES string of the molecule is CNCCn1nnc(Cc2ccccc2)n1. The molecule has 1 aromatic carbocycles. The number of likely N-dealkylation sites (N-methyl/N-ethyl adjacent to an activating group) is 1. The van der Waals surface area contributed by atoms with Gasteiger partial charge >= 0.3 is 0 Å². The number of nitrogens with one attached hydrogen (secondary N) is 1. The molecule has 16 heavy (non-hydrogen) atoms. The number of aromatic nitrogens is 4. The van der Waals surface area contributed by atoms with Gasteiger partial charge in [0.05, 0.1) is 6.54 Å². The van der Waals surface area contributed by atoms with Crippen LogP contribution in [-0.2, 0) is 13.0 Å². The number of benzene rings is 1. The molecule has 0 saturated heterocycles. The van der Waals surface area contributed by atoms with Gasteiger partial charge in [0.15, 0.2) is 5.82 Å².